The summed E-state index contributed by atoms with van der Waals surface area (Å²) in [5.74, 6) is 1.75. The van der Waals surface area contributed by atoms with Crippen LogP contribution in [0.1, 0.15) is 31.4 Å². The smallest absolute Gasteiger partial charge is 0.165 e. The van der Waals surface area contributed by atoms with E-state index in [0.29, 0.717) is 0 Å². The molecule has 0 amide bonds. The molecule has 1 aromatic carbocycles. The van der Waals surface area contributed by atoms with Crippen LogP contribution < -0.4 is 9.47 Å². The molecule has 0 fully saturated rings. The molecule has 2 aliphatic rings. The zero-order valence-corrected chi connectivity index (χ0v) is 10.3. The number of benzene rings is 1. The van der Waals surface area contributed by atoms with E-state index in [4.69, 9.17) is 9.47 Å². The Morgan fingerprint density at radius 3 is 2.82 bits per heavy atom. The van der Waals surface area contributed by atoms with Crippen LogP contribution in [-0.2, 0) is 12.8 Å². The van der Waals surface area contributed by atoms with Crippen molar-refractivity contribution >= 4 is 0 Å². The van der Waals surface area contributed by atoms with Gasteiger partial charge in [-0.1, -0.05) is 12.1 Å². The van der Waals surface area contributed by atoms with E-state index >= 15 is 0 Å². The highest BCUT2D eigenvalue weighted by molar-refractivity contribution is 5.55. The molecule has 1 N–H and O–H groups in total. The number of aliphatic hydroxyl groups excluding tert-OH is 1. The Balaban J connectivity index is 2.02. The standard InChI is InChI=1S/C14H18O3/c1-14(2)7-10-4-3-9-5-6-11(8-15)16-12(9)13(10)17-14/h3-4,11,15H,5-8H2,1-2H3. The van der Waals surface area contributed by atoms with Crippen LogP contribution in [0, 0.1) is 0 Å². The number of hydrogen-bond donors (Lipinski definition) is 1. The monoisotopic (exact) mass is 234 g/mol. The molecule has 3 heteroatoms. The third kappa shape index (κ3) is 1.78. The van der Waals surface area contributed by atoms with E-state index in [-0.39, 0.29) is 18.3 Å². The zero-order chi connectivity index (χ0) is 12.0. The molecule has 0 aliphatic carbocycles. The summed E-state index contributed by atoms with van der Waals surface area (Å²) in [6.45, 7) is 4.25. The summed E-state index contributed by atoms with van der Waals surface area (Å²) >= 11 is 0. The van der Waals surface area contributed by atoms with E-state index in [1.807, 2.05) is 0 Å². The van der Waals surface area contributed by atoms with Crippen LogP contribution in [0.4, 0.5) is 0 Å². The van der Waals surface area contributed by atoms with Gasteiger partial charge in [-0.25, -0.2) is 0 Å². The molecule has 2 aliphatic heterocycles. The lowest BCUT2D eigenvalue weighted by Gasteiger charge is -2.27. The maximum Gasteiger partial charge on any atom is 0.165 e. The molecule has 0 saturated carbocycles. The SMILES string of the molecule is CC1(C)Cc2ccc3c(c2O1)OC(CO)CC3. The van der Waals surface area contributed by atoms with Crippen molar-refractivity contribution in [3.63, 3.8) is 0 Å². The summed E-state index contributed by atoms with van der Waals surface area (Å²) in [5.41, 5.74) is 2.27. The number of rotatable bonds is 1. The van der Waals surface area contributed by atoms with Crippen molar-refractivity contribution in [3.8, 4) is 11.5 Å². The summed E-state index contributed by atoms with van der Waals surface area (Å²) < 4.78 is 11.8. The van der Waals surface area contributed by atoms with Gasteiger partial charge < -0.3 is 14.6 Å². The third-order valence-electron chi connectivity index (χ3n) is 3.49. The van der Waals surface area contributed by atoms with Gasteiger partial charge in [0.05, 0.1) is 6.61 Å². The first-order valence-corrected chi connectivity index (χ1v) is 6.20. The van der Waals surface area contributed by atoms with Gasteiger partial charge in [0.2, 0.25) is 0 Å². The molecule has 1 atom stereocenters. The molecule has 2 heterocycles. The van der Waals surface area contributed by atoms with E-state index in [9.17, 15) is 5.11 Å². The number of ether oxygens (including phenoxy) is 2. The lowest BCUT2D eigenvalue weighted by atomic mass is 9.97. The van der Waals surface area contributed by atoms with Crippen LogP contribution in [0.15, 0.2) is 12.1 Å². The van der Waals surface area contributed by atoms with Crippen LogP contribution in [0.3, 0.4) is 0 Å². The first-order valence-electron chi connectivity index (χ1n) is 6.20. The molecule has 0 bridgehead atoms. The first kappa shape index (κ1) is 10.9. The summed E-state index contributed by atoms with van der Waals surface area (Å²) in [6.07, 6.45) is 2.67. The van der Waals surface area contributed by atoms with Gasteiger partial charge in [0, 0.05) is 12.0 Å². The van der Waals surface area contributed by atoms with Gasteiger partial charge in [0.25, 0.3) is 0 Å². The minimum absolute atomic E-state index is 0.0759. The van der Waals surface area contributed by atoms with Gasteiger partial charge >= 0.3 is 0 Å². The highest BCUT2D eigenvalue weighted by Gasteiger charge is 2.35. The van der Waals surface area contributed by atoms with Gasteiger partial charge in [0.15, 0.2) is 11.5 Å². The van der Waals surface area contributed by atoms with E-state index < -0.39 is 0 Å². The van der Waals surface area contributed by atoms with Crippen LogP contribution >= 0.6 is 0 Å². The fourth-order valence-corrected chi connectivity index (χ4v) is 2.66. The summed E-state index contributed by atoms with van der Waals surface area (Å²) in [7, 11) is 0. The Bertz CT molecular complexity index is 451. The number of fused-ring (bicyclic) bond motifs is 3. The minimum Gasteiger partial charge on any atom is -0.484 e. The maximum atomic E-state index is 9.20. The van der Waals surface area contributed by atoms with Crippen molar-refractivity contribution < 1.29 is 14.6 Å². The average molecular weight is 234 g/mol. The van der Waals surface area contributed by atoms with Crippen molar-refractivity contribution in [2.75, 3.05) is 6.61 Å². The summed E-state index contributed by atoms with van der Waals surface area (Å²) in [4.78, 5) is 0. The van der Waals surface area contributed by atoms with Crippen molar-refractivity contribution in [3.05, 3.63) is 23.3 Å². The van der Waals surface area contributed by atoms with E-state index in [1.165, 1.54) is 11.1 Å². The highest BCUT2D eigenvalue weighted by atomic mass is 16.5. The second-order valence-corrected chi connectivity index (χ2v) is 5.54. The molecule has 0 radical (unpaired) electrons. The maximum absolute atomic E-state index is 9.20. The van der Waals surface area contributed by atoms with Crippen molar-refractivity contribution in [2.45, 2.75) is 44.8 Å². The van der Waals surface area contributed by atoms with Gasteiger partial charge in [0.1, 0.15) is 11.7 Å². The minimum atomic E-state index is -0.146. The van der Waals surface area contributed by atoms with E-state index in [0.717, 1.165) is 30.8 Å². The molecule has 1 unspecified atom stereocenters. The predicted molar refractivity (Wildman–Crippen MR) is 64.7 cm³/mol. The zero-order valence-electron chi connectivity index (χ0n) is 10.3. The van der Waals surface area contributed by atoms with Crippen molar-refractivity contribution in [1.82, 2.24) is 0 Å². The molecule has 0 saturated heterocycles. The molecule has 0 aromatic heterocycles. The van der Waals surface area contributed by atoms with Gasteiger partial charge in [-0.3, -0.25) is 0 Å². The van der Waals surface area contributed by atoms with Crippen LogP contribution in [0.2, 0.25) is 0 Å². The fraction of sp³-hybridized carbons (Fsp3) is 0.571. The molecule has 1 aromatic rings. The van der Waals surface area contributed by atoms with Crippen LogP contribution in [0.5, 0.6) is 11.5 Å². The number of aryl methyl sites for hydroxylation is 1. The molecule has 0 spiro atoms. The Morgan fingerprint density at radius 1 is 1.29 bits per heavy atom. The highest BCUT2D eigenvalue weighted by Crippen LogP contribution is 2.46. The van der Waals surface area contributed by atoms with Crippen molar-refractivity contribution in [1.29, 1.82) is 0 Å². The average Bonchev–Trinajstić information content (AvgIpc) is 2.63. The lowest BCUT2D eigenvalue weighted by molar-refractivity contribution is 0.0846. The molecular weight excluding hydrogens is 216 g/mol. The Hall–Kier alpha value is -1.22. The fourth-order valence-electron chi connectivity index (χ4n) is 2.66. The van der Waals surface area contributed by atoms with Gasteiger partial charge in [-0.15, -0.1) is 0 Å². The number of aliphatic hydroxyl groups is 1. The summed E-state index contributed by atoms with van der Waals surface area (Å²) in [6, 6.07) is 4.28. The van der Waals surface area contributed by atoms with Gasteiger partial charge in [-0.2, -0.15) is 0 Å². The second-order valence-electron chi connectivity index (χ2n) is 5.54. The largest absolute Gasteiger partial charge is 0.484 e. The van der Waals surface area contributed by atoms with E-state index in [2.05, 4.69) is 26.0 Å². The Labute approximate surface area is 101 Å². The number of hydrogen-bond acceptors (Lipinski definition) is 3. The molecule has 3 rings (SSSR count). The quantitative estimate of drug-likeness (QED) is 0.808. The lowest BCUT2D eigenvalue weighted by Crippen LogP contribution is -2.27. The van der Waals surface area contributed by atoms with Crippen molar-refractivity contribution in [2.24, 2.45) is 0 Å². The van der Waals surface area contributed by atoms with E-state index in [1.54, 1.807) is 0 Å². The van der Waals surface area contributed by atoms with Crippen LogP contribution in [0.25, 0.3) is 0 Å². The molecule has 3 nitrogen and oxygen atoms in total. The predicted octanol–water partition coefficient (Wildman–Crippen LogP) is 2.09. The normalized spacial score (nSPS) is 24.5. The first-order chi connectivity index (χ1) is 8.09. The third-order valence-corrected chi connectivity index (χ3v) is 3.49. The van der Waals surface area contributed by atoms with Gasteiger partial charge in [-0.05, 0) is 32.3 Å². The second kappa shape index (κ2) is 3.64. The molecule has 17 heavy (non-hydrogen) atoms. The van der Waals surface area contributed by atoms with Crippen LogP contribution in [-0.4, -0.2) is 23.4 Å². The molecular formula is C14H18O3. The Kier molecular flexibility index (Phi) is 2.33. The Morgan fingerprint density at radius 2 is 2.06 bits per heavy atom. The molecule has 92 valence electrons. The summed E-state index contributed by atoms with van der Waals surface area (Å²) in [5, 5.41) is 9.20. The topological polar surface area (TPSA) is 38.7 Å².